The van der Waals surface area contributed by atoms with E-state index in [-0.39, 0.29) is 24.1 Å². The topological polar surface area (TPSA) is 35.5 Å². The maximum Gasteiger partial charge on any atom is 0.309 e. The summed E-state index contributed by atoms with van der Waals surface area (Å²) in [5.74, 6) is 0.939. The molecule has 0 saturated heterocycles. The average Bonchev–Trinajstić information content (AvgIpc) is 2.53. The highest BCUT2D eigenvalue weighted by molar-refractivity contribution is 5.72. The zero-order valence-corrected chi connectivity index (χ0v) is 15.1. The highest BCUT2D eigenvalue weighted by Crippen LogP contribution is 2.33. The van der Waals surface area contributed by atoms with Crippen LogP contribution in [0.2, 0.25) is 0 Å². The molecule has 0 bridgehead atoms. The van der Waals surface area contributed by atoms with Crippen molar-refractivity contribution < 1.29 is 14.3 Å². The zero-order chi connectivity index (χ0) is 16.4. The van der Waals surface area contributed by atoms with Crippen LogP contribution in [-0.2, 0) is 14.3 Å². The van der Waals surface area contributed by atoms with Crippen LogP contribution in [0.4, 0.5) is 0 Å². The van der Waals surface area contributed by atoms with E-state index in [1.54, 1.807) is 0 Å². The van der Waals surface area contributed by atoms with Gasteiger partial charge < -0.3 is 9.47 Å². The van der Waals surface area contributed by atoms with Gasteiger partial charge in [-0.25, -0.2) is 0 Å². The van der Waals surface area contributed by atoms with E-state index in [1.807, 2.05) is 13.8 Å². The molecular weight excluding hydrogens is 276 g/mol. The molecule has 0 N–H and O–H groups in total. The van der Waals surface area contributed by atoms with Crippen LogP contribution >= 0.6 is 0 Å². The molecule has 1 saturated carbocycles. The van der Waals surface area contributed by atoms with Gasteiger partial charge in [0.25, 0.3) is 0 Å². The summed E-state index contributed by atoms with van der Waals surface area (Å²) in [6.07, 6.45) is 10.5. The second kappa shape index (κ2) is 11.0. The Kier molecular flexibility index (Phi) is 9.77. The van der Waals surface area contributed by atoms with E-state index < -0.39 is 0 Å². The molecule has 0 amide bonds. The van der Waals surface area contributed by atoms with Gasteiger partial charge in [0.1, 0.15) is 6.10 Å². The first kappa shape index (κ1) is 19.5. The van der Waals surface area contributed by atoms with Crippen LogP contribution in [0.3, 0.4) is 0 Å². The molecule has 0 heterocycles. The summed E-state index contributed by atoms with van der Waals surface area (Å²) in [6.45, 7) is 8.99. The van der Waals surface area contributed by atoms with E-state index >= 15 is 0 Å². The number of ether oxygens (including phenoxy) is 2. The van der Waals surface area contributed by atoms with Crippen molar-refractivity contribution in [2.75, 3.05) is 6.61 Å². The molecule has 1 rings (SSSR count). The standard InChI is InChI=1S/C19H36O3/c1-5-7-8-9-17-10-12-18(13-11-17)19(20)22-16(4)15(3)21-14-6-2/h15-18H,5-14H2,1-4H3/t15?,16?,17-,18-. The molecule has 0 aromatic rings. The minimum absolute atomic E-state index is 0.00791. The van der Waals surface area contributed by atoms with Gasteiger partial charge >= 0.3 is 5.97 Å². The van der Waals surface area contributed by atoms with Gasteiger partial charge in [0.2, 0.25) is 0 Å². The Morgan fingerprint density at radius 3 is 2.27 bits per heavy atom. The molecule has 130 valence electrons. The van der Waals surface area contributed by atoms with E-state index in [2.05, 4.69) is 13.8 Å². The normalized spacial score (nSPS) is 24.7. The van der Waals surface area contributed by atoms with Crippen LogP contribution in [0.25, 0.3) is 0 Å². The lowest BCUT2D eigenvalue weighted by atomic mass is 9.80. The van der Waals surface area contributed by atoms with E-state index in [0.29, 0.717) is 0 Å². The molecule has 0 aliphatic heterocycles. The maximum absolute atomic E-state index is 12.3. The fourth-order valence-corrected chi connectivity index (χ4v) is 3.18. The summed E-state index contributed by atoms with van der Waals surface area (Å²) in [5, 5.41) is 0. The van der Waals surface area contributed by atoms with Crippen molar-refractivity contribution in [1.82, 2.24) is 0 Å². The van der Waals surface area contributed by atoms with Gasteiger partial charge in [0.05, 0.1) is 12.0 Å². The lowest BCUT2D eigenvalue weighted by Gasteiger charge is -2.29. The molecule has 0 aromatic carbocycles. The third kappa shape index (κ3) is 7.13. The van der Waals surface area contributed by atoms with Crippen molar-refractivity contribution in [1.29, 1.82) is 0 Å². The fourth-order valence-electron chi connectivity index (χ4n) is 3.18. The largest absolute Gasteiger partial charge is 0.460 e. The summed E-state index contributed by atoms with van der Waals surface area (Å²) < 4.78 is 11.3. The molecule has 3 heteroatoms. The lowest BCUT2D eigenvalue weighted by molar-refractivity contribution is -0.161. The second-order valence-electron chi connectivity index (χ2n) is 6.93. The van der Waals surface area contributed by atoms with Gasteiger partial charge in [-0.3, -0.25) is 4.79 Å². The molecule has 2 atom stereocenters. The summed E-state index contributed by atoms with van der Waals surface area (Å²) in [5.41, 5.74) is 0. The Balaban J connectivity index is 2.24. The first-order chi connectivity index (χ1) is 10.6. The van der Waals surface area contributed by atoms with Crippen LogP contribution in [-0.4, -0.2) is 24.8 Å². The summed E-state index contributed by atoms with van der Waals surface area (Å²) in [4.78, 5) is 12.3. The maximum atomic E-state index is 12.3. The van der Waals surface area contributed by atoms with Crippen LogP contribution in [0.1, 0.15) is 85.5 Å². The van der Waals surface area contributed by atoms with Crippen molar-refractivity contribution in [2.45, 2.75) is 97.7 Å². The van der Waals surface area contributed by atoms with Gasteiger partial charge in [-0.1, -0.05) is 39.5 Å². The minimum Gasteiger partial charge on any atom is -0.460 e. The Morgan fingerprint density at radius 2 is 1.68 bits per heavy atom. The number of hydrogen-bond acceptors (Lipinski definition) is 3. The van der Waals surface area contributed by atoms with Gasteiger partial charge in [0, 0.05) is 6.61 Å². The summed E-state index contributed by atoms with van der Waals surface area (Å²) in [7, 11) is 0. The van der Waals surface area contributed by atoms with Crippen LogP contribution < -0.4 is 0 Å². The monoisotopic (exact) mass is 312 g/mol. The van der Waals surface area contributed by atoms with E-state index in [4.69, 9.17) is 9.47 Å². The molecule has 1 aliphatic carbocycles. The summed E-state index contributed by atoms with van der Waals surface area (Å²) >= 11 is 0. The molecule has 22 heavy (non-hydrogen) atoms. The second-order valence-corrected chi connectivity index (χ2v) is 6.93. The number of hydrogen-bond donors (Lipinski definition) is 0. The van der Waals surface area contributed by atoms with Crippen LogP contribution in [0.5, 0.6) is 0 Å². The molecule has 2 unspecified atom stereocenters. The molecule has 0 radical (unpaired) electrons. The third-order valence-electron chi connectivity index (χ3n) is 4.94. The number of carbonyl (C=O) groups is 1. The minimum atomic E-state index is -0.152. The number of esters is 1. The van der Waals surface area contributed by atoms with Crippen molar-refractivity contribution in [2.24, 2.45) is 11.8 Å². The van der Waals surface area contributed by atoms with E-state index in [0.717, 1.165) is 31.8 Å². The highest BCUT2D eigenvalue weighted by Gasteiger charge is 2.29. The van der Waals surface area contributed by atoms with Crippen LogP contribution in [0.15, 0.2) is 0 Å². The fraction of sp³-hybridized carbons (Fsp3) is 0.947. The lowest BCUT2D eigenvalue weighted by Crippen LogP contribution is -2.33. The van der Waals surface area contributed by atoms with Gasteiger partial charge in [-0.15, -0.1) is 0 Å². The van der Waals surface area contributed by atoms with Crippen molar-refractivity contribution in [3.8, 4) is 0 Å². The first-order valence-corrected chi connectivity index (χ1v) is 9.40. The van der Waals surface area contributed by atoms with Crippen LogP contribution in [0, 0.1) is 11.8 Å². The predicted molar refractivity (Wildman–Crippen MR) is 90.8 cm³/mol. The van der Waals surface area contributed by atoms with Crippen molar-refractivity contribution in [3.63, 3.8) is 0 Å². The molecule has 0 aromatic heterocycles. The van der Waals surface area contributed by atoms with E-state index in [1.165, 1.54) is 38.5 Å². The van der Waals surface area contributed by atoms with Gasteiger partial charge in [0.15, 0.2) is 0 Å². The Bertz CT molecular complexity index is 295. The predicted octanol–water partition coefficient (Wildman–Crippen LogP) is 5.12. The van der Waals surface area contributed by atoms with E-state index in [9.17, 15) is 4.79 Å². The number of carbonyl (C=O) groups excluding carboxylic acids is 1. The molecule has 1 aliphatic rings. The average molecular weight is 312 g/mol. The Morgan fingerprint density at radius 1 is 1.00 bits per heavy atom. The number of rotatable bonds is 10. The van der Waals surface area contributed by atoms with Gasteiger partial charge in [-0.2, -0.15) is 0 Å². The Hall–Kier alpha value is -0.570. The molecule has 0 spiro atoms. The Labute approximate surface area is 137 Å². The zero-order valence-electron chi connectivity index (χ0n) is 15.1. The number of unbranched alkanes of at least 4 members (excludes halogenated alkanes) is 2. The molecular formula is C19H36O3. The highest BCUT2D eigenvalue weighted by atomic mass is 16.6. The van der Waals surface area contributed by atoms with Crippen molar-refractivity contribution in [3.05, 3.63) is 0 Å². The third-order valence-corrected chi connectivity index (χ3v) is 4.94. The van der Waals surface area contributed by atoms with Gasteiger partial charge in [-0.05, 0) is 51.9 Å². The first-order valence-electron chi connectivity index (χ1n) is 9.40. The smallest absolute Gasteiger partial charge is 0.309 e. The molecule has 1 fully saturated rings. The van der Waals surface area contributed by atoms with Crippen molar-refractivity contribution >= 4 is 5.97 Å². The quantitative estimate of drug-likeness (QED) is 0.415. The summed E-state index contributed by atoms with van der Waals surface area (Å²) in [6, 6.07) is 0. The molecule has 3 nitrogen and oxygen atoms in total. The SMILES string of the molecule is CCCCC[C@H]1CC[C@H](C(=O)OC(C)C(C)OCCC)CC1.